The summed E-state index contributed by atoms with van der Waals surface area (Å²) in [5.74, 6) is 1.11. The molecule has 4 aromatic rings. The Kier molecular flexibility index (Phi) is 6.45. The van der Waals surface area contributed by atoms with Crippen molar-refractivity contribution < 1.29 is 14.6 Å². The molecule has 7 rings (SSSR count). The van der Waals surface area contributed by atoms with E-state index in [9.17, 15) is 0 Å². The predicted molar refractivity (Wildman–Crippen MR) is 154 cm³/mol. The number of hydrogen-bond donors (Lipinski definition) is 3. The molecule has 7 heteroatoms. The van der Waals surface area contributed by atoms with Gasteiger partial charge in [0.05, 0.1) is 24.0 Å². The zero-order valence-electron chi connectivity index (χ0n) is 22.2. The van der Waals surface area contributed by atoms with E-state index in [4.69, 9.17) is 17.3 Å². The van der Waals surface area contributed by atoms with Crippen molar-refractivity contribution >= 4 is 40.0 Å². The highest BCUT2D eigenvalue weighted by Crippen LogP contribution is 2.46. The van der Waals surface area contributed by atoms with Gasteiger partial charge in [-0.1, -0.05) is 40.6 Å². The minimum Gasteiger partial charge on any atom is -0.398 e. The topological polar surface area (TPSA) is 77.2 Å². The second-order valence-electron chi connectivity index (χ2n) is 11.5. The van der Waals surface area contributed by atoms with Gasteiger partial charge in [0, 0.05) is 45.9 Å². The monoisotopic (exact) mass is 539 g/mol. The van der Waals surface area contributed by atoms with Crippen LogP contribution in [0.3, 0.4) is 0 Å². The van der Waals surface area contributed by atoms with Gasteiger partial charge in [0.15, 0.2) is 11.9 Å². The largest absolute Gasteiger partial charge is 0.398 e. The van der Waals surface area contributed by atoms with Gasteiger partial charge in [0.25, 0.3) is 0 Å². The first-order valence-electron chi connectivity index (χ1n) is 14.3. The molecule has 3 unspecified atom stereocenters. The molecule has 2 aliphatic carbocycles. The lowest BCUT2D eigenvalue weighted by Gasteiger charge is -2.34. The average Bonchev–Trinajstić information content (AvgIpc) is 3.56. The quantitative estimate of drug-likeness (QED) is 0.175. The second-order valence-corrected chi connectivity index (χ2v) is 11.9. The van der Waals surface area contributed by atoms with Crippen LogP contribution < -0.4 is 20.3 Å². The maximum Gasteiger partial charge on any atom is 0.224 e. The van der Waals surface area contributed by atoms with Gasteiger partial charge < -0.3 is 5.73 Å². The van der Waals surface area contributed by atoms with Crippen LogP contribution in [0.5, 0.6) is 0 Å². The number of halogens is 1. The van der Waals surface area contributed by atoms with E-state index in [-0.39, 0.29) is 0 Å². The van der Waals surface area contributed by atoms with E-state index in [1.54, 1.807) is 5.57 Å². The van der Waals surface area contributed by atoms with Gasteiger partial charge in [-0.3, -0.25) is 4.90 Å². The summed E-state index contributed by atoms with van der Waals surface area (Å²) in [5, 5.41) is 9.60. The number of nitrogens with two attached hydrogens (primary N) is 1. The molecular formula is C32H36ClN6+3. The summed E-state index contributed by atoms with van der Waals surface area (Å²) in [6.07, 6.45) is 17.0. The van der Waals surface area contributed by atoms with Crippen molar-refractivity contribution in [2.75, 3.05) is 12.3 Å². The Labute approximate surface area is 234 Å². The number of rotatable bonds is 8. The number of aryl methyl sites for hydroxylation is 1. The average molecular weight is 540 g/mol. The Morgan fingerprint density at radius 1 is 1.13 bits per heavy atom. The highest BCUT2D eigenvalue weighted by molar-refractivity contribution is 6.31. The third-order valence-corrected chi connectivity index (χ3v) is 9.04. The number of benzene rings is 2. The molecule has 3 atom stereocenters. The number of allylic oxidation sites excluding steroid dienone is 2. The molecule has 5 N–H and O–H groups in total. The minimum absolute atomic E-state index is 0.513. The van der Waals surface area contributed by atoms with Crippen LogP contribution in [0.2, 0.25) is 5.02 Å². The summed E-state index contributed by atoms with van der Waals surface area (Å²) < 4.78 is 2.15. The number of aromatic nitrogens is 4. The van der Waals surface area contributed by atoms with Crippen molar-refractivity contribution in [1.82, 2.24) is 10.3 Å². The third-order valence-electron chi connectivity index (χ3n) is 8.81. The smallest absolute Gasteiger partial charge is 0.224 e. The predicted octanol–water partition coefficient (Wildman–Crippen LogP) is 4.49. The Bertz CT molecular complexity index is 1600. The first-order valence-corrected chi connectivity index (χ1v) is 14.7. The summed E-state index contributed by atoms with van der Waals surface area (Å²) in [6, 6.07) is 14.6. The lowest BCUT2D eigenvalue weighted by molar-refractivity contribution is -0.771. The van der Waals surface area contributed by atoms with Crippen molar-refractivity contribution in [2.45, 2.75) is 57.4 Å². The number of nitrogens with one attached hydrogen (secondary N) is 3. The summed E-state index contributed by atoms with van der Waals surface area (Å²) in [6.45, 7) is 2.00. The van der Waals surface area contributed by atoms with Crippen LogP contribution in [0.15, 0.2) is 66.5 Å². The standard InChI is InChI=1S/C32H33ClN6/c33-25-8-9-27-28(19-25)35-29-18-22-15-21(16-24(17-22)31(29)32(27)34)5-3-4-12-39-20-26(36-37-39)11-14-38-13-10-23-6-1-2-7-30(23)38/h1-2,6-10,13,15,19-20,22,24H,3-5,11-12,14,16-18H2,(H2,34,35)/p+3. The number of fused-ring (bicyclic) bond motifs is 6. The van der Waals surface area contributed by atoms with Gasteiger partial charge in [0.2, 0.25) is 11.2 Å². The van der Waals surface area contributed by atoms with E-state index >= 15 is 0 Å². The Hall–Kier alpha value is -3.48. The lowest BCUT2D eigenvalue weighted by Crippen LogP contribution is -3.01. The van der Waals surface area contributed by atoms with Crippen LogP contribution in [0, 0.1) is 5.92 Å². The molecule has 2 bridgehead atoms. The zero-order valence-corrected chi connectivity index (χ0v) is 23.0. The molecule has 6 nitrogen and oxygen atoms in total. The summed E-state index contributed by atoms with van der Waals surface area (Å²) in [7, 11) is 0. The van der Waals surface area contributed by atoms with Crippen molar-refractivity contribution in [2.24, 2.45) is 5.92 Å². The van der Waals surface area contributed by atoms with Gasteiger partial charge in [-0.15, -0.1) is 0 Å². The van der Waals surface area contributed by atoms with Crippen LogP contribution in [-0.4, -0.2) is 16.9 Å². The number of anilines is 1. The van der Waals surface area contributed by atoms with Gasteiger partial charge >= 0.3 is 0 Å². The maximum absolute atomic E-state index is 6.74. The van der Waals surface area contributed by atoms with Crippen LogP contribution >= 0.6 is 11.6 Å². The number of unbranched alkanes of at least 4 members (excludes halogenated alkanes) is 1. The molecule has 198 valence electrons. The fourth-order valence-corrected chi connectivity index (χ4v) is 7.17. The van der Waals surface area contributed by atoms with Crippen LogP contribution in [0.4, 0.5) is 11.4 Å². The molecule has 0 spiro atoms. The van der Waals surface area contributed by atoms with E-state index in [1.807, 2.05) is 12.1 Å². The summed E-state index contributed by atoms with van der Waals surface area (Å²) in [4.78, 5) is 5.07. The maximum atomic E-state index is 6.74. The Morgan fingerprint density at radius 2 is 2.05 bits per heavy atom. The van der Waals surface area contributed by atoms with Gasteiger partial charge in [-0.2, -0.15) is 4.68 Å². The summed E-state index contributed by atoms with van der Waals surface area (Å²) >= 11 is 6.24. The normalized spacial score (nSPS) is 21.2. The van der Waals surface area contributed by atoms with E-state index in [0.29, 0.717) is 11.8 Å². The van der Waals surface area contributed by atoms with Crippen molar-refractivity contribution in [1.29, 1.82) is 0 Å². The lowest BCUT2D eigenvalue weighted by atomic mass is 9.70. The fraction of sp³-hybridized carbons (Fsp3) is 0.344. The first-order chi connectivity index (χ1) is 19.1. The van der Waals surface area contributed by atoms with Crippen LogP contribution in [0.1, 0.15) is 60.5 Å². The Balaban J connectivity index is 0.920. The number of hydrogen-bond acceptors (Lipinski definition) is 2. The second kappa shape index (κ2) is 10.2. The molecule has 0 saturated carbocycles. The molecule has 0 fully saturated rings. The molecular weight excluding hydrogens is 504 g/mol. The van der Waals surface area contributed by atoms with Crippen LogP contribution in [0.25, 0.3) is 17.0 Å². The number of aromatic amines is 2. The molecule has 2 aromatic carbocycles. The van der Waals surface area contributed by atoms with Gasteiger partial charge in [-0.25, -0.2) is 4.98 Å². The molecule has 3 heterocycles. The summed E-state index contributed by atoms with van der Waals surface area (Å²) in [5.41, 5.74) is 16.8. The van der Waals surface area contributed by atoms with E-state index < -0.39 is 0 Å². The highest BCUT2D eigenvalue weighted by Gasteiger charge is 2.36. The van der Waals surface area contributed by atoms with Crippen LogP contribution in [-0.2, 0) is 19.4 Å². The highest BCUT2D eigenvalue weighted by atomic mass is 35.5. The number of nitrogens with zero attached hydrogens (tertiary/aromatic N) is 2. The first kappa shape index (κ1) is 24.6. The van der Waals surface area contributed by atoms with Gasteiger partial charge in [-0.05, 0) is 62.1 Å². The Morgan fingerprint density at radius 3 is 3.00 bits per heavy atom. The van der Waals surface area contributed by atoms with E-state index in [0.717, 1.165) is 66.1 Å². The van der Waals surface area contributed by atoms with E-state index in [1.165, 1.54) is 46.7 Å². The number of nitrogen functional groups attached to an aromatic ring is 1. The SMILES string of the molecule is Nc1c2c([nH+]c3cc(Cl)ccc13)CC1C=C(CCCC[n+]3cc(CC[NH+]4C=Cc5ccccc54)n[nH]3)CC2C1. The van der Waals surface area contributed by atoms with Crippen molar-refractivity contribution in [3.63, 3.8) is 0 Å². The number of quaternary nitrogens is 1. The molecule has 0 radical (unpaired) electrons. The molecule has 1 aliphatic heterocycles. The minimum atomic E-state index is 0.513. The number of para-hydroxylation sites is 1. The molecule has 3 aliphatic rings. The number of H-pyrrole nitrogens is 2. The zero-order chi connectivity index (χ0) is 26.3. The molecule has 39 heavy (non-hydrogen) atoms. The number of pyridine rings is 1. The molecule has 0 amide bonds. The fourth-order valence-electron chi connectivity index (χ4n) is 6.99. The van der Waals surface area contributed by atoms with Crippen molar-refractivity contribution in [3.8, 4) is 0 Å². The van der Waals surface area contributed by atoms with Crippen molar-refractivity contribution in [3.05, 3.63) is 94.0 Å². The van der Waals surface area contributed by atoms with E-state index in [2.05, 4.69) is 74.9 Å². The third kappa shape index (κ3) is 4.88. The molecule has 0 saturated heterocycles. The van der Waals surface area contributed by atoms with Gasteiger partial charge in [0.1, 0.15) is 18.4 Å². The molecule has 2 aromatic heterocycles.